The maximum Gasteiger partial charge on any atom is 0.300 e. The van der Waals surface area contributed by atoms with Crippen molar-refractivity contribution in [2.24, 2.45) is 0 Å². The highest BCUT2D eigenvalue weighted by Gasteiger charge is 2.47. The van der Waals surface area contributed by atoms with Gasteiger partial charge >= 0.3 is 0 Å². The van der Waals surface area contributed by atoms with Gasteiger partial charge in [-0.3, -0.25) is 19.5 Å². The first-order chi connectivity index (χ1) is 16.3. The topological polar surface area (TPSA) is 104 Å². The number of aromatic nitrogens is 1. The number of nitrogens with zero attached hydrogens (tertiary/aromatic N) is 3. The molecule has 0 radical (unpaired) electrons. The highest BCUT2D eigenvalue weighted by Crippen LogP contribution is 2.42. The molecule has 1 N–H and O–H groups in total. The number of Topliss-reactive ketones (excluding diaryl/α,β-unsaturated/α-hetero) is 1. The molecule has 170 valence electrons. The third kappa shape index (κ3) is 4.14. The molecular weight excluding hydrogens is 430 g/mol. The Balaban J connectivity index is 1.87. The molecule has 1 saturated heterocycles. The highest BCUT2D eigenvalue weighted by atomic mass is 16.5. The first kappa shape index (κ1) is 22.7. The van der Waals surface area contributed by atoms with E-state index in [4.69, 9.17) is 10.00 Å². The summed E-state index contributed by atoms with van der Waals surface area (Å²) in [6.07, 6.45) is 3.12. The second kappa shape index (κ2) is 9.20. The Kier molecular flexibility index (Phi) is 6.15. The normalized spacial score (nSPS) is 17.1. The third-order valence-electron chi connectivity index (χ3n) is 5.55. The van der Waals surface area contributed by atoms with E-state index in [1.807, 2.05) is 26.8 Å². The molecule has 1 aliphatic rings. The number of hydrogen-bond donors (Lipinski definition) is 1. The second-order valence-corrected chi connectivity index (χ2v) is 8.26. The van der Waals surface area contributed by atoms with Gasteiger partial charge in [0.05, 0.1) is 29.4 Å². The minimum absolute atomic E-state index is 0.0115. The van der Waals surface area contributed by atoms with Crippen molar-refractivity contribution in [1.82, 2.24) is 4.98 Å². The Morgan fingerprint density at radius 3 is 2.35 bits per heavy atom. The lowest BCUT2D eigenvalue weighted by Crippen LogP contribution is -2.29. The van der Waals surface area contributed by atoms with Crippen molar-refractivity contribution in [1.29, 1.82) is 5.26 Å². The molecule has 1 amide bonds. The Labute approximate surface area is 197 Å². The Morgan fingerprint density at radius 2 is 1.76 bits per heavy atom. The van der Waals surface area contributed by atoms with Crippen LogP contribution in [-0.4, -0.2) is 27.9 Å². The van der Waals surface area contributed by atoms with Crippen molar-refractivity contribution in [3.63, 3.8) is 0 Å². The van der Waals surface area contributed by atoms with E-state index in [9.17, 15) is 14.7 Å². The first-order valence-electron chi connectivity index (χ1n) is 10.8. The van der Waals surface area contributed by atoms with E-state index >= 15 is 0 Å². The number of benzene rings is 2. The molecule has 1 aliphatic heterocycles. The first-order valence-corrected chi connectivity index (χ1v) is 10.8. The van der Waals surface area contributed by atoms with Crippen LogP contribution < -0.4 is 9.64 Å². The summed E-state index contributed by atoms with van der Waals surface area (Å²) in [6.45, 7) is 5.70. The predicted octanol–water partition coefficient (Wildman–Crippen LogP) is 4.68. The largest absolute Gasteiger partial charge is 0.507 e. The summed E-state index contributed by atoms with van der Waals surface area (Å²) >= 11 is 0. The van der Waals surface area contributed by atoms with Crippen LogP contribution in [0.4, 0.5) is 5.69 Å². The molecule has 1 aromatic heterocycles. The lowest BCUT2D eigenvalue weighted by atomic mass is 9.95. The molecule has 3 aromatic rings. The van der Waals surface area contributed by atoms with Crippen LogP contribution in [0.1, 0.15) is 42.1 Å². The quantitative estimate of drug-likeness (QED) is 0.342. The number of carbonyl (C=O) groups excluding carboxylic acids is 2. The van der Waals surface area contributed by atoms with Gasteiger partial charge in [0, 0.05) is 23.6 Å². The number of pyridine rings is 1. The van der Waals surface area contributed by atoms with E-state index in [1.165, 1.54) is 4.90 Å². The molecule has 1 atom stereocenters. The molecule has 2 aromatic carbocycles. The number of amides is 1. The van der Waals surface area contributed by atoms with Gasteiger partial charge in [0.15, 0.2) is 0 Å². The lowest BCUT2D eigenvalue weighted by Gasteiger charge is -2.25. The van der Waals surface area contributed by atoms with Crippen LogP contribution in [-0.2, 0) is 9.59 Å². The van der Waals surface area contributed by atoms with Gasteiger partial charge in [0.1, 0.15) is 11.5 Å². The number of ketones is 1. The summed E-state index contributed by atoms with van der Waals surface area (Å²) in [7, 11) is 0. The fourth-order valence-corrected chi connectivity index (χ4v) is 3.99. The number of hydrogen-bond acceptors (Lipinski definition) is 6. The van der Waals surface area contributed by atoms with Crippen molar-refractivity contribution in [2.45, 2.75) is 32.9 Å². The minimum atomic E-state index is -0.858. The van der Waals surface area contributed by atoms with E-state index < -0.39 is 17.7 Å². The highest BCUT2D eigenvalue weighted by molar-refractivity contribution is 6.51. The average molecular weight is 453 g/mol. The number of rotatable bonds is 5. The summed E-state index contributed by atoms with van der Waals surface area (Å²) in [4.78, 5) is 31.7. The number of carbonyl (C=O) groups is 2. The van der Waals surface area contributed by atoms with E-state index in [0.29, 0.717) is 28.1 Å². The zero-order valence-electron chi connectivity index (χ0n) is 19.0. The zero-order chi connectivity index (χ0) is 24.4. The standard InChI is InChI=1S/C27H23N3O4/c1-16(2)34-22-9-6-20(14-17(22)3)25(31)23-24(19-10-12-29-13-11-19)30(27(33)26(23)32)21-7-4-18(15-28)5-8-21/h4-14,16,24,31H,1-3H3/b25-23-. The van der Waals surface area contributed by atoms with Crippen LogP contribution in [0, 0.1) is 18.3 Å². The molecule has 0 aliphatic carbocycles. The van der Waals surface area contributed by atoms with Gasteiger partial charge in [-0.2, -0.15) is 5.26 Å². The molecular formula is C27H23N3O4. The van der Waals surface area contributed by atoms with Gasteiger partial charge in [0.25, 0.3) is 11.7 Å². The van der Waals surface area contributed by atoms with Crippen LogP contribution in [0.15, 0.2) is 72.6 Å². The summed E-state index contributed by atoms with van der Waals surface area (Å²) in [6, 6.07) is 16.1. The van der Waals surface area contributed by atoms with Gasteiger partial charge < -0.3 is 9.84 Å². The summed E-state index contributed by atoms with van der Waals surface area (Å²) in [5.41, 5.74) is 2.68. The van der Waals surface area contributed by atoms with Crippen molar-refractivity contribution in [2.75, 3.05) is 4.90 Å². The van der Waals surface area contributed by atoms with Gasteiger partial charge in [-0.05, 0) is 86.5 Å². The van der Waals surface area contributed by atoms with E-state index in [-0.39, 0.29) is 17.4 Å². The Morgan fingerprint density at radius 1 is 1.09 bits per heavy atom. The van der Waals surface area contributed by atoms with Crippen LogP contribution in [0.25, 0.3) is 5.76 Å². The molecule has 1 fully saturated rings. The van der Waals surface area contributed by atoms with Gasteiger partial charge in [-0.1, -0.05) is 0 Å². The number of nitriles is 1. The number of ether oxygens (including phenoxy) is 1. The number of aliphatic hydroxyl groups is 1. The molecule has 2 heterocycles. The summed E-state index contributed by atoms with van der Waals surface area (Å²) < 4.78 is 5.77. The fourth-order valence-electron chi connectivity index (χ4n) is 3.99. The molecule has 7 nitrogen and oxygen atoms in total. The second-order valence-electron chi connectivity index (χ2n) is 8.26. The van der Waals surface area contributed by atoms with Crippen LogP contribution in [0.3, 0.4) is 0 Å². The van der Waals surface area contributed by atoms with E-state index in [1.54, 1.807) is 67.0 Å². The number of aryl methyl sites for hydroxylation is 1. The summed E-state index contributed by atoms with van der Waals surface area (Å²) in [5.74, 6) is -1.14. The maximum absolute atomic E-state index is 13.2. The molecule has 1 unspecified atom stereocenters. The molecule has 0 spiro atoms. The van der Waals surface area contributed by atoms with Gasteiger partial charge in [0.2, 0.25) is 0 Å². The maximum atomic E-state index is 13.2. The average Bonchev–Trinajstić information content (AvgIpc) is 3.10. The molecule has 4 rings (SSSR count). The van der Waals surface area contributed by atoms with E-state index in [2.05, 4.69) is 4.98 Å². The smallest absolute Gasteiger partial charge is 0.300 e. The van der Waals surface area contributed by atoms with Crippen LogP contribution in [0.5, 0.6) is 5.75 Å². The van der Waals surface area contributed by atoms with Crippen molar-refractivity contribution >= 4 is 23.1 Å². The SMILES string of the molecule is Cc1cc(/C(O)=C2/C(=O)C(=O)N(c3ccc(C#N)cc3)C2c2ccncc2)ccc1OC(C)C. The van der Waals surface area contributed by atoms with E-state index in [0.717, 1.165) is 5.56 Å². The minimum Gasteiger partial charge on any atom is -0.507 e. The molecule has 0 bridgehead atoms. The van der Waals surface area contributed by atoms with Crippen molar-refractivity contribution in [3.05, 3.63) is 94.8 Å². The Hall–Kier alpha value is -4.44. The molecule has 7 heteroatoms. The summed E-state index contributed by atoms with van der Waals surface area (Å²) in [5, 5.41) is 20.4. The predicted molar refractivity (Wildman–Crippen MR) is 127 cm³/mol. The van der Waals surface area contributed by atoms with Crippen molar-refractivity contribution < 1.29 is 19.4 Å². The fraction of sp³-hybridized carbons (Fsp3) is 0.185. The van der Waals surface area contributed by atoms with Crippen LogP contribution >= 0.6 is 0 Å². The Bertz CT molecular complexity index is 1320. The van der Waals surface area contributed by atoms with Crippen molar-refractivity contribution in [3.8, 4) is 11.8 Å². The zero-order valence-corrected chi connectivity index (χ0v) is 19.0. The van der Waals surface area contributed by atoms with Gasteiger partial charge in [-0.25, -0.2) is 0 Å². The number of aliphatic hydroxyl groups excluding tert-OH is 1. The van der Waals surface area contributed by atoms with Crippen LogP contribution in [0.2, 0.25) is 0 Å². The third-order valence-corrected chi connectivity index (χ3v) is 5.55. The molecule has 34 heavy (non-hydrogen) atoms. The lowest BCUT2D eigenvalue weighted by molar-refractivity contribution is -0.132. The monoisotopic (exact) mass is 453 g/mol. The molecule has 0 saturated carbocycles. The van der Waals surface area contributed by atoms with Gasteiger partial charge in [-0.15, -0.1) is 0 Å². The number of anilines is 1.